The lowest BCUT2D eigenvalue weighted by molar-refractivity contribution is -0.105. The number of nitrogens with one attached hydrogen (secondary N) is 1. The smallest absolute Gasteiger partial charge is 0.253 e. The number of likely N-dealkylation sites (tertiary alicyclic amines) is 1. The Hall–Kier alpha value is -1.55. The van der Waals surface area contributed by atoms with Gasteiger partial charge < -0.3 is 10.2 Å². The SMILES string of the molecule is O=CNc1cc(C(=O)N2CCCC2)ccc1Cl. The molecule has 1 aromatic carbocycles. The van der Waals surface area contributed by atoms with Gasteiger partial charge in [0.2, 0.25) is 6.41 Å². The lowest BCUT2D eigenvalue weighted by Crippen LogP contribution is -2.27. The molecule has 0 unspecified atom stereocenters. The van der Waals surface area contributed by atoms with Gasteiger partial charge in [0.25, 0.3) is 5.91 Å². The molecule has 1 saturated heterocycles. The summed E-state index contributed by atoms with van der Waals surface area (Å²) in [6.07, 6.45) is 2.66. The van der Waals surface area contributed by atoms with Crippen LogP contribution in [0.25, 0.3) is 0 Å². The van der Waals surface area contributed by atoms with E-state index < -0.39 is 0 Å². The Morgan fingerprint density at radius 3 is 2.71 bits per heavy atom. The molecule has 1 heterocycles. The van der Waals surface area contributed by atoms with Gasteiger partial charge in [0, 0.05) is 18.7 Å². The molecule has 0 radical (unpaired) electrons. The molecule has 0 spiro atoms. The quantitative estimate of drug-likeness (QED) is 0.838. The Morgan fingerprint density at radius 2 is 2.06 bits per heavy atom. The third-order valence-corrected chi connectivity index (χ3v) is 3.15. The summed E-state index contributed by atoms with van der Waals surface area (Å²) in [5.74, 6) is -0.00637. The fourth-order valence-corrected chi connectivity index (χ4v) is 2.11. The average molecular weight is 253 g/mol. The third kappa shape index (κ3) is 2.58. The molecule has 1 aromatic rings. The Morgan fingerprint density at radius 1 is 1.35 bits per heavy atom. The van der Waals surface area contributed by atoms with Crippen molar-refractivity contribution in [2.24, 2.45) is 0 Å². The topological polar surface area (TPSA) is 49.4 Å². The van der Waals surface area contributed by atoms with Gasteiger partial charge in [-0.1, -0.05) is 11.6 Å². The highest BCUT2D eigenvalue weighted by Crippen LogP contribution is 2.24. The van der Waals surface area contributed by atoms with Crippen LogP contribution in [0.5, 0.6) is 0 Å². The van der Waals surface area contributed by atoms with Crippen LogP contribution >= 0.6 is 11.6 Å². The van der Waals surface area contributed by atoms with Crippen LogP contribution < -0.4 is 5.32 Å². The van der Waals surface area contributed by atoms with Crippen molar-refractivity contribution in [2.75, 3.05) is 18.4 Å². The normalized spacial score (nSPS) is 14.8. The Kier molecular flexibility index (Phi) is 3.64. The van der Waals surface area contributed by atoms with Gasteiger partial charge in [0.05, 0.1) is 10.7 Å². The van der Waals surface area contributed by atoms with Gasteiger partial charge in [-0.05, 0) is 31.0 Å². The second-order valence-corrected chi connectivity index (χ2v) is 4.36. The average Bonchev–Trinajstić information content (AvgIpc) is 2.85. The second-order valence-electron chi connectivity index (χ2n) is 3.96. The summed E-state index contributed by atoms with van der Waals surface area (Å²) in [4.78, 5) is 24.3. The third-order valence-electron chi connectivity index (χ3n) is 2.82. The molecule has 17 heavy (non-hydrogen) atoms. The summed E-state index contributed by atoms with van der Waals surface area (Å²) in [7, 11) is 0. The standard InChI is InChI=1S/C12H13ClN2O2/c13-10-4-3-9(7-11(10)14-8-16)12(17)15-5-1-2-6-15/h3-4,7-8H,1-2,5-6H2,(H,14,16). The van der Waals surface area contributed by atoms with Crippen LogP contribution in [0.2, 0.25) is 5.02 Å². The number of hydrogen-bond acceptors (Lipinski definition) is 2. The summed E-state index contributed by atoms with van der Waals surface area (Å²) in [5.41, 5.74) is 1.02. The number of benzene rings is 1. The molecule has 1 aliphatic heterocycles. The molecule has 1 fully saturated rings. The first-order valence-corrected chi connectivity index (χ1v) is 5.89. The van der Waals surface area contributed by atoms with Crippen molar-refractivity contribution in [3.05, 3.63) is 28.8 Å². The van der Waals surface area contributed by atoms with Crippen LogP contribution in [-0.2, 0) is 4.79 Å². The monoisotopic (exact) mass is 252 g/mol. The van der Waals surface area contributed by atoms with Crippen LogP contribution in [-0.4, -0.2) is 30.3 Å². The van der Waals surface area contributed by atoms with Gasteiger partial charge in [-0.2, -0.15) is 0 Å². The maximum atomic E-state index is 12.1. The van der Waals surface area contributed by atoms with Crippen molar-refractivity contribution in [2.45, 2.75) is 12.8 Å². The molecule has 1 N–H and O–H groups in total. The number of hydrogen-bond donors (Lipinski definition) is 1. The number of amides is 2. The van der Waals surface area contributed by atoms with E-state index in [1.165, 1.54) is 0 Å². The zero-order valence-corrected chi connectivity index (χ0v) is 10.0. The molecule has 90 valence electrons. The molecule has 4 nitrogen and oxygen atoms in total. The lowest BCUT2D eigenvalue weighted by Gasteiger charge is -2.15. The fraction of sp³-hybridized carbons (Fsp3) is 0.333. The van der Waals surface area contributed by atoms with Crippen molar-refractivity contribution in [1.82, 2.24) is 4.90 Å². The minimum absolute atomic E-state index is 0.00637. The van der Waals surface area contributed by atoms with Crippen molar-refractivity contribution < 1.29 is 9.59 Å². The molecule has 0 atom stereocenters. The Balaban J connectivity index is 2.22. The van der Waals surface area contributed by atoms with E-state index in [9.17, 15) is 9.59 Å². The van der Waals surface area contributed by atoms with Gasteiger partial charge in [-0.3, -0.25) is 9.59 Å². The van der Waals surface area contributed by atoms with Crippen molar-refractivity contribution in [3.8, 4) is 0 Å². The minimum atomic E-state index is -0.00637. The summed E-state index contributed by atoms with van der Waals surface area (Å²) >= 11 is 5.89. The van der Waals surface area contributed by atoms with Gasteiger partial charge in [0.1, 0.15) is 0 Å². The molecular formula is C12H13ClN2O2. The minimum Gasteiger partial charge on any atom is -0.339 e. The number of rotatable bonds is 3. The molecule has 0 aliphatic carbocycles. The van der Waals surface area contributed by atoms with Gasteiger partial charge in [-0.15, -0.1) is 0 Å². The molecule has 5 heteroatoms. The molecule has 2 rings (SSSR count). The molecule has 2 amide bonds. The zero-order valence-electron chi connectivity index (χ0n) is 9.28. The maximum absolute atomic E-state index is 12.1. The van der Waals surface area contributed by atoms with Crippen LogP contribution in [0.3, 0.4) is 0 Å². The highest BCUT2D eigenvalue weighted by molar-refractivity contribution is 6.33. The largest absolute Gasteiger partial charge is 0.339 e. The Labute approximate surface area is 105 Å². The summed E-state index contributed by atoms with van der Waals surface area (Å²) < 4.78 is 0. The molecule has 0 saturated carbocycles. The van der Waals surface area contributed by atoms with E-state index in [-0.39, 0.29) is 5.91 Å². The van der Waals surface area contributed by atoms with Crippen LogP contribution in [0.15, 0.2) is 18.2 Å². The zero-order chi connectivity index (χ0) is 12.3. The van der Waals surface area contributed by atoms with Gasteiger partial charge in [0.15, 0.2) is 0 Å². The number of halogens is 1. The molecule has 0 aromatic heterocycles. The highest BCUT2D eigenvalue weighted by atomic mass is 35.5. The van der Waals surface area contributed by atoms with Crippen molar-refractivity contribution in [1.29, 1.82) is 0 Å². The lowest BCUT2D eigenvalue weighted by atomic mass is 10.1. The number of nitrogens with zero attached hydrogens (tertiary/aromatic N) is 1. The molecular weight excluding hydrogens is 240 g/mol. The van der Waals surface area contributed by atoms with E-state index in [1.807, 2.05) is 4.90 Å². The van der Waals surface area contributed by atoms with Gasteiger partial charge in [-0.25, -0.2) is 0 Å². The van der Waals surface area contributed by atoms with E-state index in [2.05, 4.69) is 5.32 Å². The van der Waals surface area contributed by atoms with Crippen LogP contribution in [0.4, 0.5) is 5.69 Å². The van der Waals surface area contributed by atoms with Gasteiger partial charge >= 0.3 is 0 Å². The summed E-state index contributed by atoms with van der Waals surface area (Å²) in [5, 5.41) is 2.90. The first-order valence-electron chi connectivity index (χ1n) is 5.51. The number of carbonyl (C=O) groups is 2. The number of anilines is 1. The van der Waals surface area contributed by atoms with E-state index in [4.69, 9.17) is 11.6 Å². The van der Waals surface area contributed by atoms with Crippen LogP contribution in [0.1, 0.15) is 23.2 Å². The number of carbonyl (C=O) groups excluding carboxylic acids is 2. The molecule has 0 bridgehead atoms. The first-order chi connectivity index (χ1) is 8.22. The fourth-order valence-electron chi connectivity index (χ4n) is 1.94. The van der Waals surface area contributed by atoms with Crippen molar-refractivity contribution in [3.63, 3.8) is 0 Å². The maximum Gasteiger partial charge on any atom is 0.253 e. The Bertz CT molecular complexity index is 442. The van der Waals surface area contributed by atoms with E-state index in [0.717, 1.165) is 25.9 Å². The highest BCUT2D eigenvalue weighted by Gasteiger charge is 2.19. The molecule has 1 aliphatic rings. The van der Waals surface area contributed by atoms with E-state index in [0.29, 0.717) is 22.7 Å². The van der Waals surface area contributed by atoms with E-state index >= 15 is 0 Å². The van der Waals surface area contributed by atoms with Crippen LogP contribution in [0, 0.1) is 0 Å². The van der Waals surface area contributed by atoms with Crippen molar-refractivity contribution >= 4 is 29.6 Å². The first kappa shape index (κ1) is 11.9. The van der Waals surface area contributed by atoms with E-state index in [1.54, 1.807) is 18.2 Å². The summed E-state index contributed by atoms with van der Waals surface area (Å²) in [6, 6.07) is 4.91. The summed E-state index contributed by atoms with van der Waals surface area (Å²) in [6.45, 7) is 1.61. The second kappa shape index (κ2) is 5.19. The predicted octanol–water partition coefficient (Wildman–Crippen LogP) is 2.14. The predicted molar refractivity (Wildman–Crippen MR) is 66.3 cm³/mol.